The van der Waals surface area contributed by atoms with Gasteiger partial charge in [-0.1, -0.05) is 88.4 Å². The van der Waals surface area contributed by atoms with E-state index in [9.17, 15) is 38.5 Å². The quantitative estimate of drug-likeness (QED) is 0.0547. The largest absolute Gasteiger partial charge is 1.00 e. The molecule has 2 fully saturated rings. The second kappa shape index (κ2) is 19.0. The number of ether oxygens (including phenoxy) is 4. The van der Waals surface area contributed by atoms with Crippen LogP contribution in [0.3, 0.4) is 0 Å². The van der Waals surface area contributed by atoms with Gasteiger partial charge in [0.05, 0.1) is 19.3 Å². The molecule has 0 unspecified atom stereocenters. The van der Waals surface area contributed by atoms with E-state index in [1.54, 1.807) is 13.8 Å². The minimum atomic E-state index is -5.16. The Morgan fingerprint density at radius 1 is 0.923 bits per heavy atom. The van der Waals surface area contributed by atoms with Gasteiger partial charge in [0.1, 0.15) is 42.7 Å². The number of rotatable bonds is 14. The minimum Gasteiger partial charge on any atom is -0.862 e. The fourth-order valence-corrected chi connectivity index (χ4v) is 11.6. The predicted molar refractivity (Wildman–Crippen MR) is 185 cm³/mol. The molecule has 0 bridgehead atoms. The Kier molecular flexibility index (Phi) is 16.4. The van der Waals surface area contributed by atoms with Gasteiger partial charge in [0, 0.05) is 0 Å². The van der Waals surface area contributed by atoms with E-state index in [4.69, 9.17) is 27.6 Å². The zero-order valence-electron chi connectivity index (χ0n) is 30.5. The predicted octanol–water partition coefficient (Wildman–Crippen LogP) is -3.37. The molecule has 2 heterocycles. The molecular formula is C34H50NNaO14SSi. The zero-order chi connectivity index (χ0) is 37.7. The Morgan fingerprint density at radius 2 is 1.46 bits per heavy atom. The van der Waals surface area contributed by atoms with Gasteiger partial charge in [-0.15, -0.1) is 0 Å². The standard InChI is InChI=1S/C34H51NO14SSi.Na/c1-7-20(2)45-33-31(49-50(41,42)43)29(40)30(24(18-36)46-33)48-32-26(35-21(3)37)28(39)27(38)25(47-32)19-44-51(34(4,5)6,22-14-10-8-11-15-22)23-16-12-9-13-17-23;/h8-17,20,24-33,36,38-40H,7,18-19H2,1-6H3,(H,35,37)(H,41,42,43);/q;+1/p-1/t20-,24-,25-,26-,27-,28-,29+,30-,31-,32-,33-;/m1./s1. The van der Waals surface area contributed by atoms with Crippen molar-refractivity contribution in [3.05, 3.63) is 60.7 Å². The van der Waals surface area contributed by atoms with Gasteiger partial charge in [-0.3, -0.25) is 9.55 Å². The monoisotopic (exact) mass is 779 g/mol. The van der Waals surface area contributed by atoms with Gasteiger partial charge >= 0.3 is 40.0 Å². The third-order valence-electron chi connectivity index (χ3n) is 9.14. The molecule has 286 valence electrons. The molecule has 52 heavy (non-hydrogen) atoms. The van der Waals surface area contributed by atoms with E-state index in [1.807, 2.05) is 60.7 Å². The van der Waals surface area contributed by atoms with Crippen LogP contribution in [0.15, 0.2) is 65.7 Å². The van der Waals surface area contributed by atoms with Crippen LogP contribution in [-0.4, -0.2) is 128 Å². The van der Waals surface area contributed by atoms with Gasteiger partial charge in [-0.05, 0) is 41.6 Å². The third-order valence-corrected chi connectivity index (χ3v) is 14.6. The molecule has 11 atom stereocenters. The number of aliphatic hydroxyl groups excluding tert-OH is 4. The van der Waals surface area contributed by atoms with Crippen molar-refractivity contribution in [2.24, 2.45) is 4.99 Å². The first-order valence-corrected chi connectivity index (χ1v) is 20.1. The van der Waals surface area contributed by atoms with Crippen molar-refractivity contribution in [3.63, 3.8) is 0 Å². The fourth-order valence-electron chi connectivity index (χ4n) is 6.52. The van der Waals surface area contributed by atoms with Crippen molar-refractivity contribution in [2.45, 2.75) is 120 Å². The SMILES string of the molecule is CC[C@@H](C)O[C@@H]1O[C@H](CO)[C@@H](O[C@H]2O[C@H](CO[Si](c3ccccc3)(c3ccccc3)C(C)(C)C)[C@@H](O)[C@H](O)[C@H]2N=C(C)[O-])[C@H](O)[C@H]1OS(=O)(=O)O.[Na+]. The van der Waals surface area contributed by atoms with Crippen LogP contribution >= 0.6 is 0 Å². The molecule has 18 heteroatoms. The van der Waals surface area contributed by atoms with Crippen LogP contribution in [0, 0.1) is 0 Å². The normalized spacial score (nSPS) is 31.1. The molecule has 0 amide bonds. The maximum atomic E-state index is 12.2. The summed E-state index contributed by atoms with van der Waals surface area (Å²) in [6, 6.07) is 17.8. The second-order valence-electron chi connectivity index (χ2n) is 13.8. The van der Waals surface area contributed by atoms with Crippen molar-refractivity contribution in [1.82, 2.24) is 0 Å². The number of hydrogen-bond donors (Lipinski definition) is 5. The third kappa shape index (κ3) is 10.5. The maximum Gasteiger partial charge on any atom is 1.00 e. The van der Waals surface area contributed by atoms with Crippen molar-refractivity contribution in [3.8, 4) is 0 Å². The van der Waals surface area contributed by atoms with Crippen LogP contribution in [0.5, 0.6) is 0 Å². The van der Waals surface area contributed by atoms with E-state index in [1.165, 1.54) is 0 Å². The van der Waals surface area contributed by atoms with Crippen LogP contribution < -0.4 is 45.0 Å². The molecular weight excluding hydrogens is 730 g/mol. The smallest absolute Gasteiger partial charge is 0.862 e. The van der Waals surface area contributed by atoms with Crippen molar-refractivity contribution >= 4 is 35.0 Å². The van der Waals surface area contributed by atoms with E-state index >= 15 is 0 Å². The molecule has 15 nitrogen and oxygen atoms in total. The number of benzene rings is 2. The van der Waals surface area contributed by atoms with E-state index in [-0.39, 0.29) is 36.2 Å². The Hall–Kier alpha value is -1.36. The summed E-state index contributed by atoms with van der Waals surface area (Å²) in [7, 11) is -8.33. The zero-order valence-corrected chi connectivity index (χ0v) is 34.3. The average Bonchev–Trinajstić information content (AvgIpc) is 3.07. The summed E-state index contributed by atoms with van der Waals surface area (Å²) in [6.07, 6.45) is -14.8. The average molecular weight is 780 g/mol. The van der Waals surface area contributed by atoms with Gasteiger partial charge in [0.25, 0.3) is 8.32 Å². The summed E-state index contributed by atoms with van der Waals surface area (Å²) in [4.78, 5) is 3.90. The summed E-state index contributed by atoms with van der Waals surface area (Å²) in [5.74, 6) is -0.737. The van der Waals surface area contributed by atoms with Gasteiger partial charge in [0.15, 0.2) is 18.7 Å². The van der Waals surface area contributed by atoms with Crippen LogP contribution in [-0.2, 0) is 38.0 Å². The van der Waals surface area contributed by atoms with Crippen LogP contribution in [0.2, 0.25) is 5.04 Å². The molecule has 5 N–H and O–H groups in total. The number of aliphatic hydroxyl groups is 4. The molecule has 0 aromatic heterocycles. The maximum absolute atomic E-state index is 12.2. The molecule has 0 radical (unpaired) electrons. The van der Waals surface area contributed by atoms with Crippen LogP contribution in [0.1, 0.15) is 48.0 Å². The molecule has 0 aliphatic carbocycles. The van der Waals surface area contributed by atoms with Crippen molar-refractivity contribution < 1.29 is 95.6 Å². The van der Waals surface area contributed by atoms with Crippen molar-refractivity contribution in [2.75, 3.05) is 13.2 Å². The Morgan fingerprint density at radius 3 is 1.92 bits per heavy atom. The molecule has 2 saturated heterocycles. The first-order chi connectivity index (χ1) is 23.9. The van der Waals surface area contributed by atoms with Gasteiger partial charge < -0.3 is 48.9 Å². The number of hydrogen-bond acceptors (Lipinski definition) is 14. The molecule has 4 rings (SSSR count). The molecule has 0 spiro atoms. The number of nitrogens with zero attached hydrogens (tertiary/aromatic N) is 1. The second-order valence-corrected chi connectivity index (χ2v) is 19.2. The van der Waals surface area contributed by atoms with E-state index in [0.717, 1.165) is 17.3 Å². The molecule has 2 aliphatic rings. The Balaban J connectivity index is 0.00000729. The molecule has 2 aromatic carbocycles. The first kappa shape index (κ1) is 45.0. The Bertz CT molecular complexity index is 1490. The van der Waals surface area contributed by atoms with Crippen LogP contribution in [0.25, 0.3) is 0 Å². The molecule has 0 saturated carbocycles. The van der Waals surface area contributed by atoms with Gasteiger partial charge in [-0.25, -0.2) is 4.18 Å². The summed E-state index contributed by atoms with van der Waals surface area (Å²) in [5.41, 5.74) is 0. The fraction of sp³-hybridized carbons (Fsp3) is 0.618. The van der Waals surface area contributed by atoms with E-state index in [0.29, 0.717) is 6.42 Å². The summed E-state index contributed by atoms with van der Waals surface area (Å²) >= 11 is 0. The Labute approximate surface area is 328 Å². The summed E-state index contributed by atoms with van der Waals surface area (Å²) < 4.78 is 68.5. The van der Waals surface area contributed by atoms with E-state index < -0.39 is 104 Å². The van der Waals surface area contributed by atoms with Crippen LogP contribution in [0.4, 0.5) is 0 Å². The number of aliphatic imine (C=N–C) groups is 1. The molecule has 2 aromatic rings. The van der Waals surface area contributed by atoms with E-state index in [2.05, 4.69) is 25.8 Å². The summed E-state index contributed by atoms with van der Waals surface area (Å²) in [5, 5.41) is 58.0. The van der Waals surface area contributed by atoms with Gasteiger partial charge in [0.2, 0.25) is 0 Å². The topological polar surface area (TPSA) is 226 Å². The molecule has 2 aliphatic heterocycles. The van der Waals surface area contributed by atoms with Gasteiger partial charge in [-0.2, -0.15) is 8.42 Å². The minimum absolute atomic E-state index is 0. The first-order valence-electron chi connectivity index (χ1n) is 16.8. The summed E-state index contributed by atoms with van der Waals surface area (Å²) in [6.45, 7) is 9.70. The van der Waals surface area contributed by atoms with Crippen molar-refractivity contribution in [1.29, 1.82) is 0 Å².